The Morgan fingerprint density at radius 2 is 2.40 bits per heavy atom. The highest BCUT2D eigenvalue weighted by atomic mass is 32.2. The summed E-state index contributed by atoms with van der Waals surface area (Å²) in [6.45, 7) is 2.26. The number of nitrogens with one attached hydrogen (secondary N) is 1. The summed E-state index contributed by atoms with van der Waals surface area (Å²) in [5, 5.41) is 3.19. The molecule has 0 aromatic heterocycles. The maximum atomic E-state index is 11.5. The van der Waals surface area contributed by atoms with E-state index in [1.165, 1.54) is 4.90 Å². The predicted molar refractivity (Wildman–Crippen MR) is 61.2 cm³/mol. The van der Waals surface area contributed by atoms with Crippen LogP contribution in [0.5, 0.6) is 0 Å². The van der Waals surface area contributed by atoms with Crippen molar-refractivity contribution < 1.29 is 9.53 Å². The van der Waals surface area contributed by atoms with Gasteiger partial charge in [0.2, 0.25) is 0 Å². The molecule has 1 aromatic carbocycles. The number of anilines is 1. The van der Waals surface area contributed by atoms with Gasteiger partial charge in [-0.3, -0.25) is 0 Å². The normalized spacial score (nSPS) is 18.9. The second kappa shape index (κ2) is 4.57. The minimum absolute atomic E-state index is 0.167. The Bertz CT molecular complexity index is 367. The number of rotatable bonds is 2. The van der Waals surface area contributed by atoms with E-state index in [2.05, 4.69) is 5.32 Å². The van der Waals surface area contributed by atoms with Crippen LogP contribution in [0, 0.1) is 0 Å². The first-order chi connectivity index (χ1) is 7.31. The number of fused-ring (bicyclic) bond motifs is 1. The number of thioether (sulfide) groups is 1. The van der Waals surface area contributed by atoms with Crippen molar-refractivity contribution in [2.24, 2.45) is 0 Å². The third-order valence-corrected chi connectivity index (χ3v) is 3.36. The smallest absolute Gasteiger partial charge is 0.329 e. The highest BCUT2D eigenvalue weighted by Gasteiger charge is 2.24. The van der Waals surface area contributed by atoms with E-state index in [4.69, 9.17) is 4.74 Å². The van der Waals surface area contributed by atoms with Gasteiger partial charge in [0, 0.05) is 16.3 Å². The van der Waals surface area contributed by atoms with Gasteiger partial charge in [0.05, 0.1) is 6.61 Å². The number of para-hydroxylation sites is 1. The van der Waals surface area contributed by atoms with Crippen LogP contribution in [0.25, 0.3) is 0 Å². The topological polar surface area (TPSA) is 38.3 Å². The SMILES string of the molecule is CCOC(=O)C1CSc2ccccc2N1. The van der Waals surface area contributed by atoms with Gasteiger partial charge in [-0.25, -0.2) is 4.79 Å². The molecule has 1 heterocycles. The van der Waals surface area contributed by atoms with Crippen LogP contribution in [0.4, 0.5) is 5.69 Å². The van der Waals surface area contributed by atoms with Crippen LogP contribution in [-0.2, 0) is 9.53 Å². The Hall–Kier alpha value is -1.16. The van der Waals surface area contributed by atoms with E-state index in [1.54, 1.807) is 11.8 Å². The van der Waals surface area contributed by atoms with Crippen molar-refractivity contribution in [3.8, 4) is 0 Å². The largest absolute Gasteiger partial charge is 0.464 e. The molecule has 0 amide bonds. The van der Waals surface area contributed by atoms with Crippen LogP contribution in [0.15, 0.2) is 29.2 Å². The number of carbonyl (C=O) groups is 1. The van der Waals surface area contributed by atoms with E-state index in [9.17, 15) is 4.79 Å². The molecular formula is C11H13NO2S. The molecule has 15 heavy (non-hydrogen) atoms. The Balaban J connectivity index is 2.08. The highest BCUT2D eigenvalue weighted by Crippen LogP contribution is 2.32. The first kappa shape index (κ1) is 10.4. The van der Waals surface area contributed by atoms with Crippen molar-refractivity contribution in [3.05, 3.63) is 24.3 Å². The van der Waals surface area contributed by atoms with Crippen LogP contribution in [0.2, 0.25) is 0 Å². The van der Waals surface area contributed by atoms with Gasteiger partial charge in [-0.1, -0.05) is 12.1 Å². The molecule has 0 saturated heterocycles. The van der Waals surface area contributed by atoms with E-state index in [1.807, 2.05) is 31.2 Å². The number of esters is 1. The zero-order valence-corrected chi connectivity index (χ0v) is 9.34. The van der Waals surface area contributed by atoms with Crippen LogP contribution in [-0.4, -0.2) is 24.4 Å². The third-order valence-electron chi connectivity index (χ3n) is 2.19. The van der Waals surface area contributed by atoms with Crippen molar-refractivity contribution >= 4 is 23.4 Å². The molecule has 0 radical (unpaired) electrons. The lowest BCUT2D eigenvalue weighted by Crippen LogP contribution is -2.35. The molecule has 1 aliphatic rings. The predicted octanol–water partition coefficient (Wildman–Crippen LogP) is 2.14. The Kier molecular flexibility index (Phi) is 3.16. The monoisotopic (exact) mass is 223 g/mol. The summed E-state index contributed by atoms with van der Waals surface area (Å²) in [5.41, 5.74) is 1.02. The van der Waals surface area contributed by atoms with E-state index < -0.39 is 0 Å². The number of hydrogen-bond donors (Lipinski definition) is 1. The van der Waals surface area contributed by atoms with Crippen LogP contribution >= 0.6 is 11.8 Å². The van der Waals surface area contributed by atoms with Crippen molar-refractivity contribution in [2.45, 2.75) is 17.9 Å². The number of hydrogen-bond acceptors (Lipinski definition) is 4. The van der Waals surface area contributed by atoms with E-state index in [0.29, 0.717) is 6.61 Å². The molecule has 1 atom stereocenters. The molecule has 0 spiro atoms. The standard InChI is InChI=1S/C11H13NO2S/c1-2-14-11(13)9-7-15-10-6-4-3-5-8(10)12-9/h3-6,9,12H,2,7H2,1H3. The Morgan fingerprint density at radius 3 is 3.20 bits per heavy atom. The molecule has 80 valence electrons. The molecule has 4 heteroatoms. The Labute approximate surface area is 93.2 Å². The summed E-state index contributed by atoms with van der Waals surface area (Å²) in [4.78, 5) is 12.7. The molecule has 0 bridgehead atoms. The van der Waals surface area contributed by atoms with Crippen LogP contribution < -0.4 is 5.32 Å². The zero-order chi connectivity index (χ0) is 10.7. The van der Waals surface area contributed by atoms with Gasteiger partial charge in [0.25, 0.3) is 0 Å². The summed E-state index contributed by atoms with van der Waals surface area (Å²) in [7, 11) is 0. The first-order valence-corrected chi connectivity index (χ1v) is 5.95. The second-order valence-corrected chi connectivity index (χ2v) is 4.32. The van der Waals surface area contributed by atoms with Crippen molar-refractivity contribution in [3.63, 3.8) is 0 Å². The lowest BCUT2D eigenvalue weighted by atomic mass is 10.2. The number of carbonyl (C=O) groups excluding carboxylic acids is 1. The van der Waals surface area contributed by atoms with E-state index in [-0.39, 0.29) is 12.0 Å². The van der Waals surface area contributed by atoms with Gasteiger partial charge in [0.15, 0.2) is 0 Å². The molecule has 2 rings (SSSR count). The highest BCUT2D eigenvalue weighted by molar-refractivity contribution is 7.99. The minimum atomic E-state index is -0.218. The zero-order valence-electron chi connectivity index (χ0n) is 8.53. The first-order valence-electron chi connectivity index (χ1n) is 4.96. The lowest BCUT2D eigenvalue weighted by molar-refractivity contribution is -0.143. The summed E-state index contributed by atoms with van der Waals surface area (Å²) >= 11 is 1.69. The molecule has 0 fully saturated rings. The third kappa shape index (κ3) is 2.26. The quantitative estimate of drug-likeness (QED) is 0.780. The molecule has 1 N–H and O–H groups in total. The van der Waals surface area contributed by atoms with Crippen LogP contribution in [0.3, 0.4) is 0 Å². The summed E-state index contributed by atoms with van der Waals surface area (Å²) in [6, 6.07) is 7.77. The molecule has 1 unspecified atom stereocenters. The molecule has 3 nitrogen and oxygen atoms in total. The van der Waals surface area contributed by atoms with Gasteiger partial charge < -0.3 is 10.1 Å². The summed E-state index contributed by atoms with van der Waals surface area (Å²) in [5.74, 6) is 0.565. The minimum Gasteiger partial charge on any atom is -0.464 e. The average molecular weight is 223 g/mol. The fourth-order valence-corrected chi connectivity index (χ4v) is 2.51. The fourth-order valence-electron chi connectivity index (χ4n) is 1.48. The van der Waals surface area contributed by atoms with Crippen molar-refractivity contribution in [1.82, 2.24) is 0 Å². The number of benzene rings is 1. The lowest BCUT2D eigenvalue weighted by Gasteiger charge is -2.24. The van der Waals surface area contributed by atoms with Gasteiger partial charge in [-0.2, -0.15) is 0 Å². The summed E-state index contributed by atoms with van der Waals surface area (Å²) < 4.78 is 4.98. The van der Waals surface area contributed by atoms with Crippen molar-refractivity contribution in [2.75, 3.05) is 17.7 Å². The van der Waals surface area contributed by atoms with Gasteiger partial charge in [0.1, 0.15) is 6.04 Å². The van der Waals surface area contributed by atoms with E-state index >= 15 is 0 Å². The molecule has 1 aliphatic heterocycles. The molecule has 0 aliphatic carbocycles. The number of ether oxygens (including phenoxy) is 1. The maximum absolute atomic E-state index is 11.5. The van der Waals surface area contributed by atoms with Gasteiger partial charge in [-0.05, 0) is 19.1 Å². The van der Waals surface area contributed by atoms with E-state index in [0.717, 1.165) is 11.4 Å². The second-order valence-electron chi connectivity index (χ2n) is 3.26. The van der Waals surface area contributed by atoms with Gasteiger partial charge >= 0.3 is 5.97 Å². The van der Waals surface area contributed by atoms with Gasteiger partial charge in [-0.15, -0.1) is 11.8 Å². The molecule has 1 aromatic rings. The van der Waals surface area contributed by atoms with Crippen LogP contribution in [0.1, 0.15) is 6.92 Å². The Morgan fingerprint density at radius 1 is 1.60 bits per heavy atom. The van der Waals surface area contributed by atoms with Crippen molar-refractivity contribution in [1.29, 1.82) is 0 Å². The molecular weight excluding hydrogens is 210 g/mol. The maximum Gasteiger partial charge on any atom is 0.329 e. The average Bonchev–Trinajstić information content (AvgIpc) is 2.29. The summed E-state index contributed by atoms with van der Waals surface area (Å²) in [6.07, 6.45) is 0. The fraction of sp³-hybridized carbons (Fsp3) is 0.364. The molecule has 0 saturated carbocycles.